The molecule has 5 rings (SSSR count). The third kappa shape index (κ3) is 3.96. The van der Waals surface area contributed by atoms with Crippen LogP contribution in [0, 0.1) is 17.3 Å². The van der Waals surface area contributed by atoms with Crippen LogP contribution in [0.25, 0.3) is 0 Å². The quantitative estimate of drug-likeness (QED) is 0.513. The summed E-state index contributed by atoms with van der Waals surface area (Å²) in [7, 11) is -3.04. The van der Waals surface area contributed by atoms with E-state index < -0.39 is 15.7 Å². The van der Waals surface area contributed by atoms with Crippen molar-refractivity contribution in [3.8, 4) is 0 Å². The molecule has 26 heavy (non-hydrogen) atoms. The van der Waals surface area contributed by atoms with Crippen molar-refractivity contribution in [1.82, 2.24) is 5.32 Å². The second-order valence-electron chi connectivity index (χ2n) is 9.12. The van der Waals surface area contributed by atoms with Gasteiger partial charge in [0.1, 0.15) is 0 Å². The van der Waals surface area contributed by atoms with Gasteiger partial charge in [0.25, 0.3) is 5.91 Å². The molecule has 0 aromatic carbocycles. The summed E-state index contributed by atoms with van der Waals surface area (Å²) in [5.41, 5.74) is 0.0284. The van der Waals surface area contributed by atoms with E-state index in [2.05, 4.69) is 21.2 Å². The summed E-state index contributed by atoms with van der Waals surface area (Å²) in [5.74, 6) is 0.773. The lowest BCUT2D eigenvalue weighted by Gasteiger charge is -2.60. The van der Waals surface area contributed by atoms with Crippen LogP contribution in [0.1, 0.15) is 51.4 Å². The molecule has 4 bridgehead atoms. The lowest BCUT2D eigenvalue weighted by molar-refractivity contribution is -0.154. The summed E-state index contributed by atoms with van der Waals surface area (Å²) in [6.07, 6.45) is 7.75. The Bertz CT molecular complexity index is 707. The molecule has 1 aliphatic heterocycles. The number of nitrogens with one attached hydrogen (secondary N) is 1. The molecule has 5 aliphatic rings. The molecule has 5 fully saturated rings. The number of carbonyl (C=O) groups excluding carboxylic acids is 2. The first-order valence-electron chi connectivity index (χ1n) is 9.49. The number of esters is 1. The number of alkyl halides is 1. The number of carbonyl (C=O) groups is 2. The van der Waals surface area contributed by atoms with E-state index in [0.29, 0.717) is 24.7 Å². The average Bonchev–Trinajstić information content (AvgIpc) is 2.81. The topological polar surface area (TPSA) is 89.5 Å². The molecule has 4 aliphatic carbocycles. The van der Waals surface area contributed by atoms with Gasteiger partial charge in [-0.25, -0.2) is 8.42 Å². The van der Waals surface area contributed by atoms with Gasteiger partial charge in [-0.3, -0.25) is 9.59 Å². The second kappa shape index (κ2) is 6.47. The van der Waals surface area contributed by atoms with Crippen LogP contribution in [0.5, 0.6) is 0 Å². The van der Waals surface area contributed by atoms with E-state index in [1.54, 1.807) is 0 Å². The minimum Gasteiger partial charge on any atom is -0.456 e. The van der Waals surface area contributed by atoms with E-state index in [-0.39, 0.29) is 39.9 Å². The molecule has 8 heteroatoms. The van der Waals surface area contributed by atoms with Crippen LogP contribution in [0.3, 0.4) is 0 Å². The maximum Gasteiger partial charge on any atom is 0.306 e. The van der Waals surface area contributed by atoms with Crippen molar-refractivity contribution < 1.29 is 22.7 Å². The van der Waals surface area contributed by atoms with Gasteiger partial charge < -0.3 is 10.1 Å². The molecule has 1 saturated heterocycles. The van der Waals surface area contributed by atoms with Crippen molar-refractivity contribution in [3.63, 3.8) is 0 Å². The van der Waals surface area contributed by atoms with Crippen LogP contribution in [0.15, 0.2) is 0 Å². The Morgan fingerprint density at radius 3 is 2.42 bits per heavy atom. The van der Waals surface area contributed by atoms with Crippen molar-refractivity contribution in [2.45, 2.75) is 61.7 Å². The van der Waals surface area contributed by atoms with Gasteiger partial charge in [0.05, 0.1) is 17.9 Å². The molecule has 0 spiro atoms. The number of amides is 1. The minimum absolute atomic E-state index is 0.0219. The molecule has 3 unspecified atom stereocenters. The van der Waals surface area contributed by atoms with Crippen LogP contribution in [-0.2, 0) is 24.2 Å². The lowest BCUT2D eigenvalue weighted by Crippen LogP contribution is -2.53. The summed E-state index contributed by atoms with van der Waals surface area (Å²) in [6, 6.07) is -0.359. The van der Waals surface area contributed by atoms with Gasteiger partial charge in [0.2, 0.25) is 0 Å². The Kier molecular flexibility index (Phi) is 4.66. The molecule has 0 aromatic rings. The third-order valence-corrected chi connectivity index (χ3v) is 9.29. The van der Waals surface area contributed by atoms with Crippen molar-refractivity contribution >= 4 is 37.6 Å². The third-order valence-electron chi connectivity index (χ3n) is 6.59. The largest absolute Gasteiger partial charge is 0.456 e. The minimum atomic E-state index is -3.04. The number of rotatable bonds is 5. The Morgan fingerprint density at radius 2 is 1.85 bits per heavy atom. The predicted molar refractivity (Wildman–Crippen MR) is 99.6 cm³/mol. The zero-order valence-corrected chi connectivity index (χ0v) is 17.2. The summed E-state index contributed by atoms with van der Waals surface area (Å²) in [4.78, 5) is 24.3. The fourth-order valence-corrected chi connectivity index (χ4v) is 9.41. The number of halogens is 1. The SMILES string of the molecule is O=C(COC(=O)CC12CC3CC(CC(Br)(C3)C1)C2)NC1CCS(=O)(=O)C1. The highest BCUT2D eigenvalue weighted by Crippen LogP contribution is 2.65. The van der Waals surface area contributed by atoms with Crippen LogP contribution < -0.4 is 5.32 Å². The molecule has 3 atom stereocenters. The molecule has 1 N–H and O–H groups in total. The Labute approximate surface area is 162 Å². The van der Waals surface area contributed by atoms with E-state index in [9.17, 15) is 18.0 Å². The highest BCUT2D eigenvalue weighted by molar-refractivity contribution is 9.10. The summed E-state index contributed by atoms with van der Waals surface area (Å²) in [5, 5.41) is 2.65. The second-order valence-corrected chi connectivity index (χ2v) is 13.0. The number of ether oxygens (including phenoxy) is 1. The highest BCUT2D eigenvalue weighted by atomic mass is 79.9. The van der Waals surface area contributed by atoms with Crippen molar-refractivity contribution in [3.05, 3.63) is 0 Å². The van der Waals surface area contributed by atoms with E-state index in [0.717, 1.165) is 19.3 Å². The zero-order valence-electron chi connectivity index (χ0n) is 14.8. The number of hydrogen-bond acceptors (Lipinski definition) is 5. The van der Waals surface area contributed by atoms with Gasteiger partial charge in [0, 0.05) is 10.4 Å². The Morgan fingerprint density at radius 1 is 1.15 bits per heavy atom. The van der Waals surface area contributed by atoms with Crippen molar-refractivity contribution in [1.29, 1.82) is 0 Å². The van der Waals surface area contributed by atoms with Crippen LogP contribution in [-0.4, -0.2) is 48.8 Å². The summed E-state index contributed by atoms with van der Waals surface area (Å²) in [6.45, 7) is -0.322. The molecule has 0 radical (unpaired) electrons. The van der Waals surface area contributed by atoms with Gasteiger partial charge in [-0.1, -0.05) is 15.9 Å². The average molecular weight is 448 g/mol. The highest BCUT2D eigenvalue weighted by Gasteiger charge is 2.57. The smallest absolute Gasteiger partial charge is 0.306 e. The van der Waals surface area contributed by atoms with Crippen molar-refractivity contribution in [2.75, 3.05) is 18.1 Å². The van der Waals surface area contributed by atoms with Crippen LogP contribution in [0.4, 0.5) is 0 Å². The molecule has 1 heterocycles. The molecule has 6 nitrogen and oxygen atoms in total. The summed E-state index contributed by atoms with van der Waals surface area (Å²) >= 11 is 3.94. The molecule has 0 aromatic heterocycles. The van der Waals surface area contributed by atoms with E-state index in [1.165, 1.54) is 19.3 Å². The lowest BCUT2D eigenvalue weighted by atomic mass is 9.49. The normalized spacial score (nSPS) is 42.6. The van der Waals surface area contributed by atoms with Crippen molar-refractivity contribution in [2.24, 2.45) is 17.3 Å². The molecule has 146 valence electrons. The monoisotopic (exact) mass is 447 g/mol. The standard InChI is InChI=1S/C18H26BrNO5S/c19-18-6-12-3-13(7-18)5-17(4-12,11-18)8-16(22)25-9-15(21)20-14-1-2-26(23,24)10-14/h12-14H,1-11H2,(H,20,21). The fraction of sp³-hybridized carbons (Fsp3) is 0.889. The van der Waals surface area contributed by atoms with Gasteiger partial charge >= 0.3 is 5.97 Å². The molecule has 1 amide bonds. The van der Waals surface area contributed by atoms with Gasteiger partial charge in [-0.05, 0) is 62.2 Å². The molecular formula is C18H26BrNO5S. The van der Waals surface area contributed by atoms with Crippen LogP contribution >= 0.6 is 15.9 Å². The predicted octanol–water partition coefficient (Wildman–Crippen LogP) is 1.96. The number of sulfone groups is 1. The fourth-order valence-electron chi connectivity index (χ4n) is 6.22. The van der Waals surface area contributed by atoms with E-state index >= 15 is 0 Å². The first-order valence-corrected chi connectivity index (χ1v) is 12.1. The summed E-state index contributed by atoms with van der Waals surface area (Å²) < 4.78 is 28.3. The first-order chi connectivity index (χ1) is 12.1. The number of hydrogen-bond donors (Lipinski definition) is 1. The molecular weight excluding hydrogens is 422 g/mol. The zero-order chi connectivity index (χ0) is 18.6. The van der Waals surface area contributed by atoms with Gasteiger partial charge in [-0.15, -0.1) is 0 Å². The first kappa shape index (κ1) is 18.7. The van der Waals surface area contributed by atoms with Gasteiger partial charge in [0.15, 0.2) is 16.4 Å². The van der Waals surface area contributed by atoms with E-state index in [1.807, 2.05) is 0 Å². The van der Waals surface area contributed by atoms with Crippen LogP contribution in [0.2, 0.25) is 0 Å². The maximum atomic E-state index is 12.4. The maximum absolute atomic E-state index is 12.4. The Hall–Kier alpha value is -0.630. The molecule has 4 saturated carbocycles. The van der Waals surface area contributed by atoms with Gasteiger partial charge in [-0.2, -0.15) is 0 Å². The Balaban J connectivity index is 1.26. The van der Waals surface area contributed by atoms with E-state index in [4.69, 9.17) is 4.74 Å².